The summed E-state index contributed by atoms with van der Waals surface area (Å²) in [7, 11) is 0. The van der Waals surface area contributed by atoms with Crippen molar-refractivity contribution in [1.82, 2.24) is 4.98 Å². The van der Waals surface area contributed by atoms with Crippen LogP contribution in [0.1, 0.15) is 28.5 Å². The van der Waals surface area contributed by atoms with Crippen molar-refractivity contribution < 1.29 is 27.9 Å². The van der Waals surface area contributed by atoms with E-state index in [2.05, 4.69) is 4.98 Å². The standard InChI is InChI=1S/C12H14F3N3O3/c1-5-4-6(2)17-9(7(5)8(16)19)18-11(3,10(20)21)12(13,14)15/h4H,1-3H3,(H2,16,19)(H,17,18)(H,20,21). The van der Waals surface area contributed by atoms with Gasteiger partial charge >= 0.3 is 12.1 Å². The van der Waals surface area contributed by atoms with Crippen molar-refractivity contribution in [3.05, 3.63) is 22.9 Å². The van der Waals surface area contributed by atoms with Crippen molar-refractivity contribution in [3.63, 3.8) is 0 Å². The number of nitrogens with zero attached hydrogens (tertiary/aromatic N) is 1. The van der Waals surface area contributed by atoms with E-state index in [9.17, 15) is 22.8 Å². The molecule has 0 aromatic carbocycles. The summed E-state index contributed by atoms with van der Waals surface area (Å²) in [6.45, 7) is 3.40. The molecule has 1 unspecified atom stereocenters. The zero-order valence-corrected chi connectivity index (χ0v) is 11.5. The van der Waals surface area contributed by atoms with Crippen LogP contribution in [0.15, 0.2) is 6.07 Å². The van der Waals surface area contributed by atoms with Gasteiger partial charge in [-0.25, -0.2) is 9.78 Å². The zero-order chi connectivity index (χ0) is 16.6. The van der Waals surface area contributed by atoms with Crippen molar-refractivity contribution in [3.8, 4) is 0 Å². The number of hydrogen-bond acceptors (Lipinski definition) is 4. The summed E-state index contributed by atoms with van der Waals surface area (Å²) in [5, 5.41) is 10.7. The van der Waals surface area contributed by atoms with E-state index in [1.807, 2.05) is 0 Å². The van der Waals surface area contributed by atoms with Crippen LogP contribution < -0.4 is 11.1 Å². The molecule has 9 heteroatoms. The Hall–Kier alpha value is -2.32. The first-order chi connectivity index (χ1) is 9.40. The summed E-state index contributed by atoms with van der Waals surface area (Å²) in [6, 6.07) is 1.46. The van der Waals surface area contributed by atoms with Crippen molar-refractivity contribution in [2.45, 2.75) is 32.5 Å². The number of aliphatic carboxylic acids is 1. The van der Waals surface area contributed by atoms with E-state index in [0.717, 1.165) is 0 Å². The number of rotatable bonds is 4. The average Bonchev–Trinajstić information content (AvgIpc) is 2.24. The van der Waals surface area contributed by atoms with Gasteiger partial charge in [-0.3, -0.25) is 4.79 Å². The smallest absolute Gasteiger partial charge is 0.422 e. The number of carbonyl (C=O) groups excluding carboxylic acids is 1. The largest absolute Gasteiger partial charge is 0.479 e. The molecule has 0 bridgehead atoms. The van der Waals surface area contributed by atoms with E-state index in [0.29, 0.717) is 18.2 Å². The molecule has 0 aliphatic rings. The Balaban J connectivity index is 3.48. The number of carbonyl (C=O) groups is 2. The molecule has 1 amide bonds. The summed E-state index contributed by atoms with van der Waals surface area (Å²) in [6.07, 6.45) is -5.10. The molecule has 0 saturated heterocycles. The van der Waals surface area contributed by atoms with E-state index in [1.165, 1.54) is 19.9 Å². The topological polar surface area (TPSA) is 105 Å². The molecule has 1 heterocycles. The fourth-order valence-electron chi connectivity index (χ4n) is 1.72. The van der Waals surface area contributed by atoms with Gasteiger partial charge in [-0.1, -0.05) is 0 Å². The molecule has 1 atom stereocenters. The molecule has 0 spiro atoms. The minimum atomic E-state index is -5.10. The van der Waals surface area contributed by atoms with Gasteiger partial charge in [0.2, 0.25) is 5.54 Å². The summed E-state index contributed by atoms with van der Waals surface area (Å²) < 4.78 is 39.0. The number of nitrogens with one attached hydrogen (secondary N) is 1. The maximum absolute atomic E-state index is 13.0. The number of carboxylic acids is 1. The Bertz CT molecular complexity index is 601. The third kappa shape index (κ3) is 3.06. The third-order valence-electron chi connectivity index (χ3n) is 2.95. The molecular weight excluding hydrogens is 291 g/mol. The van der Waals surface area contributed by atoms with E-state index < -0.39 is 29.4 Å². The van der Waals surface area contributed by atoms with Crippen LogP contribution in [0.5, 0.6) is 0 Å². The van der Waals surface area contributed by atoms with Crippen molar-refractivity contribution in [2.75, 3.05) is 5.32 Å². The van der Waals surface area contributed by atoms with Gasteiger partial charge in [0.25, 0.3) is 5.91 Å². The number of aromatic nitrogens is 1. The molecule has 6 nitrogen and oxygen atoms in total. The lowest BCUT2D eigenvalue weighted by molar-refractivity contribution is -0.193. The molecule has 0 fully saturated rings. The highest BCUT2D eigenvalue weighted by Crippen LogP contribution is 2.34. The number of primary amides is 1. The van der Waals surface area contributed by atoms with Gasteiger partial charge in [0, 0.05) is 5.69 Å². The predicted octanol–water partition coefficient (Wildman–Crippen LogP) is 1.61. The lowest BCUT2D eigenvalue weighted by Crippen LogP contribution is -2.56. The second kappa shape index (κ2) is 5.23. The van der Waals surface area contributed by atoms with Crippen LogP contribution >= 0.6 is 0 Å². The number of aryl methyl sites for hydroxylation is 2. The zero-order valence-electron chi connectivity index (χ0n) is 11.5. The molecule has 0 aliphatic heterocycles. The van der Waals surface area contributed by atoms with Gasteiger partial charge in [0.15, 0.2) is 0 Å². The van der Waals surface area contributed by atoms with Crippen LogP contribution in [-0.4, -0.2) is 33.7 Å². The van der Waals surface area contributed by atoms with Crippen LogP contribution in [0, 0.1) is 13.8 Å². The number of hydrogen-bond donors (Lipinski definition) is 3. The maximum Gasteiger partial charge on any atom is 0.422 e. The van der Waals surface area contributed by atoms with Crippen LogP contribution in [0.4, 0.5) is 19.0 Å². The van der Waals surface area contributed by atoms with E-state index in [-0.39, 0.29) is 5.56 Å². The molecule has 1 aromatic rings. The molecule has 4 N–H and O–H groups in total. The second-order valence-corrected chi connectivity index (χ2v) is 4.72. The molecule has 1 rings (SSSR count). The molecule has 0 aliphatic carbocycles. The summed E-state index contributed by atoms with van der Waals surface area (Å²) in [5.41, 5.74) is 2.15. The van der Waals surface area contributed by atoms with Gasteiger partial charge < -0.3 is 16.2 Å². The first-order valence-corrected chi connectivity index (χ1v) is 5.76. The minimum absolute atomic E-state index is 0.280. The van der Waals surface area contributed by atoms with Gasteiger partial charge in [-0.2, -0.15) is 13.2 Å². The summed E-state index contributed by atoms with van der Waals surface area (Å²) >= 11 is 0. The number of alkyl halides is 3. The van der Waals surface area contributed by atoms with Crippen molar-refractivity contribution in [1.29, 1.82) is 0 Å². The Kier molecular flexibility index (Phi) is 4.16. The van der Waals surface area contributed by atoms with Crippen molar-refractivity contribution >= 4 is 17.7 Å². The Morgan fingerprint density at radius 3 is 2.24 bits per heavy atom. The summed E-state index contributed by atoms with van der Waals surface area (Å²) in [5.74, 6) is -3.66. The summed E-state index contributed by atoms with van der Waals surface area (Å²) in [4.78, 5) is 26.1. The Labute approximate surface area is 118 Å². The lowest BCUT2D eigenvalue weighted by atomic mass is 10.0. The normalized spacial score (nSPS) is 14.4. The van der Waals surface area contributed by atoms with Crippen LogP contribution in [0.25, 0.3) is 0 Å². The first kappa shape index (κ1) is 16.7. The highest BCUT2D eigenvalue weighted by atomic mass is 19.4. The van der Waals surface area contributed by atoms with E-state index in [1.54, 1.807) is 5.32 Å². The quantitative estimate of drug-likeness (QED) is 0.784. The van der Waals surface area contributed by atoms with Crippen LogP contribution in [0.3, 0.4) is 0 Å². The monoisotopic (exact) mass is 305 g/mol. The molecule has 116 valence electrons. The highest BCUT2D eigenvalue weighted by molar-refractivity contribution is 6.00. The molecule has 1 aromatic heterocycles. The van der Waals surface area contributed by atoms with Gasteiger partial charge in [-0.05, 0) is 32.4 Å². The first-order valence-electron chi connectivity index (χ1n) is 5.76. The fourth-order valence-corrected chi connectivity index (χ4v) is 1.72. The number of anilines is 1. The third-order valence-corrected chi connectivity index (χ3v) is 2.95. The predicted molar refractivity (Wildman–Crippen MR) is 67.9 cm³/mol. The number of halogens is 3. The van der Waals surface area contributed by atoms with Gasteiger partial charge in [0.05, 0.1) is 5.56 Å². The van der Waals surface area contributed by atoms with Crippen LogP contribution in [-0.2, 0) is 4.79 Å². The van der Waals surface area contributed by atoms with Gasteiger partial charge in [0.1, 0.15) is 5.82 Å². The number of nitrogens with two attached hydrogens (primary N) is 1. The lowest BCUT2D eigenvalue weighted by Gasteiger charge is -2.30. The number of pyridine rings is 1. The van der Waals surface area contributed by atoms with Gasteiger partial charge in [-0.15, -0.1) is 0 Å². The maximum atomic E-state index is 13.0. The molecule has 0 radical (unpaired) electrons. The average molecular weight is 305 g/mol. The Morgan fingerprint density at radius 1 is 1.33 bits per heavy atom. The SMILES string of the molecule is Cc1cc(C)c(C(N)=O)c(NC(C)(C(=O)O)C(F)(F)F)n1. The molecular formula is C12H14F3N3O3. The highest BCUT2D eigenvalue weighted by Gasteiger charge is 2.58. The van der Waals surface area contributed by atoms with E-state index in [4.69, 9.17) is 10.8 Å². The molecule has 21 heavy (non-hydrogen) atoms. The van der Waals surface area contributed by atoms with Crippen molar-refractivity contribution in [2.24, 2.45) is 5.73 Å². The Morgan fingerprint density at radius 2 is 1.86 bits per heavy atom. The molecule has 0 saturated carbocycles. The second-order valence-electron chi connectivity index (χ2n) is 4.72. The minimum Gasteiger partial charge on any atom is -0.479 e. The fraction of sp³-hybridized carbons (Fsp3) is 0.417. The van der Waals surface area contributed by atoms with E-state index >= 15 is 0 Å². The number of amides is 1. The number of carboxylic acid groups (broad SMARTS) is 1. The van der Waals surface area contributed by atoms with Crippen LogP contribution in [0.2, 0.25) is 0 Å².